The molecule has 0 bridgehead atoms. The molecule has 0 saturated carbocycles. The molecule has 8 nitrogen and oxygen atoms in total. The Morgan fingerprint density at radius 2 is 2.10 bits per heavy atom. The van der Waals surface area contributed by atoms with Crippen LogP contribution in [0.4, 0.5) is 11.6 Å². The predicted molar refractivity (Wildman–Crippen MR) is 124 cm³/mol. The second-order valence-corrected chi connectivity index (χ2v) is 7.54. The normalized spacial score (nSPS) is 16.4. The zero-order valence-electron chi connectivity index (χ0n) is 17.2. The number of rotatable bonds is 8. The van der Waals surface area contributed by atoms with E-state index in [4.69, 9.17) is 21.1 Å². The van der Waals surface area contributed by atoms with Gasteiger partial charge in [0.2, 0.25) is 0 Å². The molecule has 2 aliphatic heterocycles. The van der Waals surface area contributed by atoms with Crippen molar-refractivity contribution in [1.82, 2.24) is 9.97 Å². The van der Waals surface area contributed by atoms with Gasteiger partial charge in [0.1, 0.15) is 5.82 Å². The summed E-state index contributed by atoms with van der Waals surface area (Å²) in [6.07, 6.45) is 8.53. The topological polar surface area (TPSA) is 84.2 Å². The second-order valence-electron chi connectivity index (χ2n) is 7.10. The van der Waals surface area contributed by atoms with E-state index in [1.54, 1.807) is 6.21 Å². The highest BCUT2D eigenvalue weighted by Crippen LogP contribution is 2.21. The van der Waals surface area contributed by atoms with E-state index < -0.39 is 0 Å². The first kappa shape index (κ1) is 21.3. The highest BCUT2D eigenvalue weighted by atomic mass is 35.5. The van der Waals surface area contributed by atoms with E-state index in [2.05, 4.69) is 36.5 Å². The van der Waals surface area contributed by atoms with Gasteiger partial charge in [-0.25, -0.2) is 0 Å². The minimum absolute atomic E-state index is 0.310. The zero-order chi connectivity index (χ0) is 21.3. The molecule has 0 aliphatic carbocycles. The van der Waals surface area contributed by atoms with Gasteiger partial charge in [0.05, 0.1) is 26.0 Å². The molecule has 1 fully saturated rings. The Balaban J connectivity index is 1.45. The maximum absolute atomic E-state index is 6.03. The van der Waals surface area contributed by atoms with Crippen LogP contribution < -0.4 is 15.1 Å². The van der Waals surface area contributed by atoms with Crippen LogP contribution in [0.5, 0.6) is 6.01 Å². The Bertz CT molecular complexity index is 972. The molecular weight excluding hydrogens is 416 g/mol. The molecule has 31 heavy (non-hydrogen) atoms. The van der Waals surface area contributed by atoms with Gasteiger partial charge in [-0.2, -0.15) is 15.1 Å². The third-order valence-corrected chi connectivity index (χ3v) is 5.03. The van der Waals surface area contributed by atoms with Crippen LogP contribution in [0, 0.1) is 0 Å². The number of anilines is 2. The molecule has 1 N–H and O–H groups in total. The lowest BCUT2D eigenvalue weighted by Crippen LogP contribution is -2.36. The van der Waals surface area contributed by atoms with Gasteiger partial charge in [-0.1, -0.05) is 29.8 Å². The number of hydrogen-bond donors (Lipinski definition) is 1. The third kappa shape index (κ3) is 6.50. The van der Waals surface area contributed by atoms with Gasteiger partial charge >= 0.3 is 6.01 Å². The molecule has 0 spiro atoms. The van der Waals surface area contributed by atoms with Gasteiger partial charge in [-0.3, -0.25) is 10.4 Å². The number of nitrogens with zero attached hydrogens (tertiary/aromatic N) is 5. The van der Waals surface area contributed by atoms with Crippen molar-refractivity contribution >= 4 is 35.7 Å². The van der Waals surface area contributed by atoms with Crippen molar-refractivity contribution in [3.63, 3.8) is 0 Å². The Hall–Kier alpha value is -2.97. The highest BCUT2D eigenvalue weighted by molar-refractivity contribution is 6.30. The van der Waals surface area contributed by atoms with Crippen LogP contribution in [-0.2, 0) is 4.74 Å². The lowest BCUT2D eigenvalue weighted by molar-refractivity contribution is 0.122. The quantitative estimate of drug-likeness (QED) is 0.494. The number of allylic oxidation sites excluding steroid dienone is 1. The smallest absolute Gasteiger partial charge is 0.320 e. The molecule has 4 rings (SSSR count). The standard InChI is InChI=1S/C22H25ClN6O2/c23-18-5-3-4-17(14-18)16-25-28-20-15-21(29-9-12-30-13-10-29)27-22(26-20)31-11-7-19-6-1-2-8-24-19/h3-6,8,14-16H,1-2,7,9-13H2,(H,26,27,28)/b25-16+. The summed E-state index contributed by atoms with van der Waals surface area (Å²) in [6, 6.07) is 9.63. The first-order valence-corrected chi connectivity index (χ1v) is 10.7. The van der Waals surface area contributed by atoms with Gasteiger partial charge in [0.15, 0.2) is 5.82 Å². The van der Waals surface area contributed by atoms with E-state index in [1.165, 1.54) is 0 Å². The number of morpholine rings is 1. The molecule has 2 aliphatic rings. The summed E-state index contributed by atoms with van der Waals surface area (Å²) in [6.45, 7) is 3.33. The average Bonchev–Trinajstić information content (AvgIpc) is 2.80. The summed E-state index contributed by atoms with van der Waals surface area (Å²) in [5, 5.41) is 4.94. The number of halogens is 1. The van der Waals surface area contributed by atoms with Crippen molar-refractivity contribution in [1.29, 1.82) is 0 Å². The average molecular weight is 441 g/mol. The third-order valence-electron chi connectivity index (χ3n) is 4.79. The molecule has 0 unspecified atom stereocenters. The van der Waals surface area contributed by atoms with Crippen LogP contribution in [0.1, 0.15) is 24.8 Å². The van der Waals surface area contributed by atoms with Crippen LogP contribution >= 0.6 is 11.6 Å². The molecule has 9 heteroatoms. The van der Waals surface area contributed by atoms with Gasteiger partial charge in [0.25, 0.3) is 0 Å². The second kappa shape index (κ2) is 10.9. The largest absolute Gasteiger partial charge is 0.463 e. The molecule has 0 amide bonds. The molecule has 0 radical (unpaired) electrons. The minimum atomic E-state index is 0.310. The van der Waals surface area contributed by atoms with E-state index >= 15 is 0 Å². The van der Waals surface area contributed by atoms with Crippen LogP contribution in [0.25, 0.3) is 0 Å². The number of benzene rings is 1. The molecule has 1 aromatic carbocycles. The Morgan fingerprint density at radius 3 is 2.90 bits per heavy atom. The van der Waals surface area contributed by atoms with Gasteiger partial charge in [-0.05, 0) is 30.5 Å². The maximum Gasteiger partial charge on any atom is 0.320 e. The molecule has 1 saturated heterocycles. The summed E-state index contributed by atoms with van der Waals surface area (Å²) in [5.41, 5.74) is 4.91. The van der Waals surface area contributed by atoms with Crippen LogP contribution in [-0.4, -0.2) is 55.3 Å². The van der Waals surface area contributed by atoms with E-state index in [0.717, 1.165) is 49.4 Å². The Labute approximate surface area is 186 Å². The molecular formula is C22H25ClN6O2. The maximum atomic E-state index is 6.03. The number of aliphatic imine (C=N–C) groups is 1. The highest BCUT2D eigenvalue weighted by Gasteiger charge is 2.15. The SMILES string of the molecule is Clc1cccc(/C=N/Nc2cc(N3CCOCC3)nc(OCCC3=CCCC=N3)n2)c1. The lowest BCUT2D eigenvalue weighted by atomic mass is 10.2. The van der Waals surface area contributed by atoms with Crippen molar-refractivity contribution < 1.29 is 9.47 Å². The molecule has 3 heterocycles. The first-order valence-electron chi connectivity index (χ1n) is 10.4. The monoisotopic (exact) mass is 440 g/mol. The van der Waals surface area contributed by atoms with Crippen molar-refractivity contribution in [3.05, 3.63) is 52.7 Å². The molecule has 1 aromatic heterocycles. The molecule has 0 atom stereocenters. The fourth-order valence-electron chi connectivity index (χ4n) is 3.22. The predicted octanol–water partition coefficient (Wildman–Crippen LogP) is 3.93. The van der Waals surface area contributed by atoms with Gasteiger partial charge in [-0.15, -0.1) is 0 Å². The van der Waals surface area contributed by atoms with E-state index in [-0.39, 0.29) is 0 Å². The van der Waals surface area contributed by atoms with E-state index in [0.29, 0.717) is 36.7 Å². The fourth-order valence-corrected chi connectivity index (χ4v) is 3.42. The number of hydrogen-bond acceptors (Lipinski definition) is 8. The summed E-state index contributed by atoms with van der Waals surface area (Å²) in [4.78, 5) is 15.6. The number of aromatic nitrogens is 2. The number of nitrogens with one attached hydrogen (secondary N) is 1. The zero-order valence-corrected chi connectivity index (χ0v) is 18.0. The van der Waals surface area contributed by atoms with Crippen molar-refractivity contribution in [2.75, 3.05) is 43.2 Å². The Kier molecular flexibility index (Phi) is 7.46. The van der Waals surface area contributed by atoms with Crippen molar-refractivity contribution in [2.45, 2.75) is 19.3 Å². The summed E-state index contributed by atoms with van der Waals surface area (Å²) in [5.74, 6) is 1.34. The molecule has 2 aromatic rings. The molecule has 162 valence electrons. The van der Waals surface area contributed by atoms with Crippen LogP contribution in [0.3, 0.4) is 0 Å². The minimum Gasteiger partial charge on any atom is -0.463 e. The van der Waals surface area contributed by atoms with Crippen LogP contribution in [0.15, 0.2) is 52.2 Å². The van der Waals surface area contributed by atoms with E-state index in [1.807, 2.05) is 36.5 Å². The number of ether oxygens (including phenoxy) is 2. The lowest BCUT2D eigenvalue weighted by Gasteiger charge is -2.28. The van der Waals surface area contributed by atoms with E-state index in [9.17, 15) is 0 Å². The van der Waals surface area contributed by atoms with Gasteiger partial charge in [0, 0.05) is 42.5 Å². The van der Waals surface area contributed by atoms with Crippen molar-refractivity contribution in [2.24, 2.45) is 10.1 Å². The van der Waals surface area contributed by atoms with Crippen molar-refractivity contribution in [3.8, 4) is 6.01 Å². The number of hydrazone groups is 1. The summed E-state index contributed by atoms with van der Waals surface area (Å²) >= 11 is 6.03. The summed E-state index contributed by atoms with van der Waals surface area (Å²) in [7, 11) is 0. The summed E-state index contributed by atoms with van der Waals surface area (Å²) < 4.78 is 11.3. The first-order chi connectivity index (χ1) is 15.3. The van der Waals surface area contributed by atoms with Crippen LogP contribution in [0.2, 0.25) is 5.02 Å². The fraction of sp³-hybridized carbons (Fsp3) is 0.364. The Morgan fingerprint density at radius 1 is 1.19 bits per heavy atom. The van der Waals surface area contributed by atoms with Gasteiger partial charge < -0.3 is 14.4 Å².